The van der Waals surface area contributed by atoms with Crippen molar-refractivity contribution in [1.82, 2.24) is 19.9 Å². The number of nitrogens with two attached hydrogens (primary N) is 1. The molecule has 2 saturated heterocycles. The van der Waals surface area contributed by atoms with Gasteiger partial charge in [0, 0.05) is 65.9 Å². The Morgan fingerprint density at radius 2 is 1.95 bits per heavy atom. The number of anilines is 2. The molecular weight excluding hydrogens is 580 g/mol. The quantitative estimate of drug-likeness (QED) is 0.328. The minimum absolute atomic E-state index is 0.0543. The van der Waals surface area contributed by atoms with Gasteiger partial charge in [-0.25, -0.2) is 14.2 Å². The van der Waals surface area contributed by atoms with E-state index in [1.807, 2.05) is 4.90 Å². The zero-order chi connectivity index (χ0) is 28.4. The first-order chi connectivity index (χ1) is 19.6. The Balaban J connectivity index is 1.49. The molecule has 2 bridgehead atoms. The number of thioether (sulfide) groups is 1. The van der Waals surface area contributed by atoms with Crippen molar-refractivity contribution in [3.05, 3.63) is 40.1 Å². The Kier molecular flexibility index (Phi) is 5.37. The fourth-order valence-corrected chi connectivity index (χ4v) is 9.29. The molecule has 1 aliphatic carbocycles. The van der Waals surface area contributed by atoms with Crippen molar-refractivity contribution in [1.29, 1.82) is 0 Å². The van der Waals surface area contributed by atoms with Gasteiger partial charge in [0.05, 0.1) is 32.9 Å². The van der Waals surface area contributed by atoms with Gasteiger partial charge in [0.1, 0.15) is 11.6 Å². The number of rotatable bonds is 3. The Morgan fingerprint density at radius 3 is 2.63 bits per heavy atom. The highest BCUT2D eigenvalue weighted by molar-refractivity contribution is 7.99. The van der Waals surface area contributed by atoms with Crippen LogP contribution in [0.1, 0.15) is 24.8 Å². The maximum Gasteiger partial charge on any atom is 0.417 e. The van der Waals surface area contributed by atoms with Gasteiger partial charge >= 0.3 is 11.9 Å². The lowest BCUT2D eigenvalue weighted by Gasteiger charge is -2.36. The maximum absolute atomic E-state index is 15.0. The van der Waals surface area contributed by atoms with Crippen LogP contribution in [0.25, 0.3) is 32.2 Å². The molecule has 3 aliphatic heterocycles. The third-order valence-corrected chi connectivity index (χ3v) is 11.1. The zero-order valence-corrected chi connectivity index (χ0v) is 23.4. The first-order valence-electron chi connectivity index (χ1n) is 13.3. The summed E-state index contributed by atoms with van der Waals surface area (Å²) in [5, 5.41) is 3.86. The first-order valence-corrected chi connectivity index (χ1v) is 15.1. The molecular formula is C27H24F4N6O2S2. The second kappa shape index (κ2) is 8.55. The number of thiazole rings is 1. The largest absolute Gasteiger partial charge is 0.417 e. The van der Waals surface area contributed by atoms with E-state index in [0.717, 1.165) is 36.3 Å². The summed E-state index contributed by atoms with van der Waals surface area (Å²) in [7, 11) is 1.57. The zero-order valence-electron chi connectivity index (χ0n) is 21.7. The van der Waals surface area contributed by atoms with Crippen LogP contribution in [0.5, 0.6) is 0 Å². The van der Waals surface area contributed by atoms with Crippen LogP contribution in [-0.2, 0) is 16.5 Å². The Bertz CT molecular complexity index is 1830. The number of methoxy groups -OCH3 is 1. The van der Waals surface area contributed by atoms with Gasteiger partial charge in [-0.05, 0) is 31.0 Å². The molecule has 14 heteroatoms. The summed E-state index contributed by atoms with van der Waals surface area (Å²) in [6.45, 7) is 1.10. The van der Waals surface area contributed by atoms with Crippen molar-refractivity contribution in [3.63, 3.8) is 0 Å². The van der Waals surface area contributed by atoms with Crippen LogP contribution in [-0.4, -0.2) is 58.7 Å². The number of aromatic nitrogens is 3. The van der Waals surface area contributed by atoms with Gasteiger partial charge in [-0.1, -0.05) is 11.3 Å². The van der Waals surface area contributed by atoms with E-state index in [0.29, 0.717) is 35.7 Å². The normalized spacial score (nSPS) is 27.0. The minimum Gasteiger partial charge on any atom is -0.379 e. The molecule has 0 radical (unpaired) electrons. The summed E-state index contributed by atoms with van der Waals surface area (Å²) < 4.78 is 67.0. The number of nitrogens with one attached hydrogen (secondary N) is 1. The van der Waals surface area contributed by atoms with Crippen molar-refractivity contribution < 1.29 is 22.3 Å². The van der Waals surface area contributed by atoms with Crippen LogP contribution in [0.3, 0.4) is 0 Å². The Hall–Kier alpha value is -2.94. The van der Waals surface area contributed by atoms with Gasteiger partial charge in [-0.2, -0.15) is 18.2 Å². The fourth-order valence-electron chi connectivity index (χ4n) is 7.00. The molecule has 5 heterocycles. The number of ether oxygens (including phenoxy) is 1. The highest BCUT2D eigenvalue weighted by Crippen LogP contribution is 2.58. The number of hydrogen-bond donors (Lipinski definition) is 2. The summed E-state index contributed by atoms with van der Waals surface area (Å²) in [6.07, 6.45) is -2.53. The van der Waals surface area contributed by atoms with Crippen molar-refractivity contribution in [2.75, 3.05) is 36.6 Å². The van der Waals surface area contributed by atoms with E-state index in [-0.39, 0.29) is 55.9 Å². The Morgan fingerprint density at radius 1 is 1.20 bits per heavy atom. The van der Waals surface area contributed by atoms with Crippen LogP contribution in [0.4, 0.5) is 28.5 Å². The standard InChI is InChI=1S/C27H24F4N6O2S2/c1-39-17-7-26(17)10-40-22-18(13-4-5-16(28)21-19(13)34-24(32)41-21)15(27(29,30)31)6-14-20(22)37(26)25(38)35-23(14)36-8-11-2-3-12(9-36)33-11/h4-6,11-12,17,33H,2-3,7-10H2,1H3,(H2,32,34). The highest BCUT2D eigenvalue weighted by Gasteiger charge is 2.60. The monoisotopic (exact) mass is 604 g/mol. The molecule has 2 aromatic heterocycles. The lowest BCUT2D eigenvalue weighted by atomic mass is 9.95. The third kappa shape index (κ3) is 3.63. The van der Waals surface area contributed by atoms with Gasteiger partial charge in [-0.15, -0.1) is 11.8 Å². The molecule has 4 aromatic rings. The van der Waals surface area contributed by atoms with Crippen LogP contribution in [0.15, 0.2) is 27.9 Å². The van der Waals surface area contributed by atoms with Gasteiger partial charge in [0.2, 0.25) is 0 Å². The van der Waals surface area contributed by atoms with E-state index in [2.05, 4.69) is 15.3 Å². The van der Waals surface area contributed by atoms with Crippen molar-refractivity contribution in [3.8, 4) is 11.1 Å². The predicted molar refractivity (Wildman–Crippen MR) is 150 cm³/mol. The molecule has 214 valence electrons. The number of hydrogen-bond acceptors (Lipinski definition) is 9. The minimum atomic E-state index is -4.76. The van der Waals surface area contributed by atoms with E-state index in [9.17, 15) is 22.4 Å². The molecule has 1 spiro atoms. The number of nitrogen functional groups attached to an aromatic ring is 1. The first kappa shape index (κ1) is 25.7. The van der Waals surface area contributed by atoms with Crippen molar-refractivity contribution in [2.45, 2.75) is 54.1 Å². The number of halogens is 4. The van der Waals surface area contributed by atoms with E-state index in [1.54, 1.807) is 11.7 Å². The summed E-state index contributed by atoms with van der Waals surface area (Å²) >= 11 is 2.16. The average Bonchev–Trinajstić information content (AvgIpc) is 3.29. The van der Waals surface area contributed by atoms with Crippen molar-refractivity contribution >= 4 is 55.2 Å². The smallest absolute Gasteiger partial charge is 0.379 e. The SMILES string of the molecule is COC1CC12CSc1c(-c3ccc(F)c4sc(N)nc34)c(C(F)(F)F)cc3c(N4CC5CCC(C4)N5)nc(=O)n2c13. The van der Waals surface area contributed by atoms with Crippen LogP contribution in [0, 0.1) is 5.82 Å². The molecule has 4 unspecified atom stereocenters. The molecule has 8 nitrogen and oxygen atoms in total. The Labute approximate surface area is 238 Å². The average molecular weight is 605 g/mol. The molecule has 4 aliphatic rings. The second-order valence-electron chi connectivity index (χ2n) is 11.3. The van der Waals surface area contributed by atoms with Gasteiger partial charge in [0.25, 0.3) is 0 Å². The fraction of sp³-hybridized carbons (Fsp3) is 0.444. The number of fused-ring (bicyclic) bond motifs is 4. The number of benzene rings is 2. The van der Waals surface area contributed by atoms with E-state index in [4.69, 9.17) is 10.5 Å². The molecule has 8 rings (SSSR count). The molecule has 3 fully saturated rings. The third-order valence-electron chi connectivity index (χ3n) is 8.89. The summed E-state index contributed by atoms with van der Waals surface area (Å²) in [5.74, 6) is 0.00189. The highest BCUT2D eigenvalue weighted by atomic mass is 32.2. The van der Waals surface area contributed by atoms with Gasteiger partial charge in [0.15, 0.2) is 5.13 Å². The van der Waals surface area contributed by atoms with Crippen LogP contribution >= 0.6 is 23.1 Å². The van der Waals surface area contributed by atoms with Crippen LogP contribution < -0.4 is 21.6 Å². The van der Waals surface area contributed by atoms with E-state index >= 15 is 0 Å². The summed E-state index contributed by atoms with van der Waals surface area (Å²) in [6, 6.07) is 3.95. The van der Waals surface area contributed by atoms with Crippen molar-refractivity contribution in [2.24, 2.45) is 0 Å². The number of alkyl halides is 3. The maximum atomic E-state index is 15.0. The molecule has 41 heavy (non-hydrogen) atoms. The molecule has 2 aromatic carbocycles. The van der Waals surface area contributed by atoms with Crippen LogP contribution in [0.2, 0.25) is 0 Å². The van der Waals surface area contributed by atoms with Gasteiger partial charge in [-0.3, -0.25) is 4.57 Å². The van der Waals surface area contributed by atoms with Gasteiger partial charge < -0.3 is 20.7 Å². The topological polar surface area (TPSA) is 98.3 Å². The second-order valence-corrected chi connectivity index (χ2v) is 13.3. The molecule has 1 saturated carbocycles. The van der Waals surface area contributed by atoms with E-state index < -0.39 is 28.8 Å². The molecule has 0 amide bonds. The lowest BCUT2D eigenvalue weighted by molar-refractivity contribution is -0.137. The lowest BCUT2D eigenvalue weighted by Crippen LogP contribution is -2.52. The summed E-state index contributed by atoms with van der Waals surface area (Å²) in [5.41, 5.74) is 4.27. The predicted octanol–water partition coefficient (Wildman–Crippen LogP) is 4.57. The number of nitrogens with zero attached hydrogens (tertiary/aromatic N) is 4. The summed E-state index contributed by atoms with van der Waals surface area (Å²) in [4.78, 5) is 24.8. The number of piperazine rings is 1. The molecule has 4 atom stereocenters. The van der Waals surface area contributed by atoms with E-state index in [1.165, 1.54) is 17.8 Å². The molecule has 3 N–H and O–H groups in total.